The van der Waals surface area contributed by atoms with Crippen molar-refractivity contribution in [1.29, 1.82) is 0 Å². The van der Waals surface area contributed by atoms with Crippen LogP contribution in [0.25, 0.3) is 6.08 Å². The van der Waals surface area contributed by atoms with Crippen molar-refractivity contribution in [3.8, 4) is 0 Å². The number of benzene rings is 1. The molecule has 0 heterocycles. The van der Waals surface area contributed by atoms with Crippen LogP contribution in [0.2, 0.25) is 0 Å². The summed E-state index contributed by atoms with van der Waals surface area (Å²) in [5.41, 5.74) is 3.02. The summed E-state index contributed by atoms with van der Waals surface area (Å²) >= 11 is 0. The average Bonchev–Trinajstić information content (AvgIpc) is 2.93. The number of carbonyl (C=O) groups is 1. The Kier molecular flexibility index (Phi) is 4.40. The fraction of sp³-hybridized carbons (Fsp3) is 0.577. The van der Waals surface area contributed by atoms with Gasteiger partial charge in [-0.1, -0.05) is 37.6 Å². The average molecular weight is 395 g/mol. The SMILES string of the molecule is C[C@@]12CC[C@H]3[C@@H](CC=C4C[C@H](O)CC[C@@]43C)[C@H]1CC(=Cc1cccc(F)c1)C2=O. The van der Waals surface area contributed by atoms with Gasteiger partial charge in [0.2, 0.25) is 0 Å². The summed E-state index contributed by atoms with van der Waals surface area (Å²) in [5, 5.41) is 10.2. The molecule has 4 aliphatic carbocycles. The number of hydrogen-bond donors (Lipinski definition) is 1. The molecule has 2 nitrogen and oxygen atoms in total. The molecule has 0 saturated heterocycles. The highest BCUT2D eigenvalue weighted by molar-refractivity contribution is 6.05. The molecule has 0 bridgehead atoms. The number of rotatable bonds is 1. The van der Waals surface area contributed by atoms with Gasteiger partial charge in [-0.15, -0.1) is 0 Å². The van der Waals surface area contributed by atoms with Crippen molar-refractivity contribution in [2.24, 2.45) is 28.6 Å². The fourth-order valence-electron chi connectivity index (χ4n) is 7.24. The van der Waals surface area contributed by atoms with E-state index in [1.165, 1.54) is 17.7 Å². The lowest BCUT2D eigenvalue weighted by Crippen LogP contribution is -2.50. The van der Waals surface area contributed by atoms with Crippen LogP contribution >= 0.6 is 0 Å². The summed E-state index contributed by atoms with van der Waals surface area (Å²) in [6.07, 6.45) is 10.8. The van der Waals surface area contributed by atoms with E-state index < -0.39 is 0 Å². The molecular weight excluding hydrogens is 363 g/mol. The second-order valence-electron chi connectivity index (χ2n) is 10.4. The molecular formula is C26H31FO2. The van der Waals surface area contributed by atoms with Crippen molar-refractivity contribution in [2.75, 3.05) is 0 Å². The van der Waals surface area contributed by atoms with E-state index in [-0.39, 0.29) is 28.5 Å². The predicted octanol–water partition coefficient (Wildman–Crippen LogP) is 5.71. The largest absolute Gasteiger partial charge is 0.393 e. The topological polar surface area (TPSA) is 37.3 Å². The first kappa shape index (κ1) is 19.2. The van der Waals surface area contributed by atoms with E-state index in [0.29, 0.717) is 17.8 Å². The van der Waals surface area contributed by atoms with Gasteiger partial charge in [-0.05, 0) is 97.5 Å². The summed E-state index contributed by atoms with van der Waals surface area (Å²) in [4.78, 5) is 13.4. The zero-order chi connectivity index (χ0) is 20.4. The van der Waals surface area contributed by atoms with Crippen molar-refractivity contribution in [1.82, 2.24) is 0 Å². The van der Waals surface area contributed by atoms with Crippen molar-refractivity contribution >= 4 is 11.9 Å². The van der Waals surface area contributed by atoms with Gasteiger partial charge >= 0.3 is 0 Å². The Bertz CT molecular complexity index is 915. The fourth-order valence-corrected chi connectivity index (χ4v) is 7.24. The maximum atomic E-state index is 13.6. The molecule has 3 saturated carbocycles. The van der Waals surface area contributed by atoms with Gasteiger partial charge in [-0.2, -0.15) is 0 Å². The molecule has 5 rings (SSSR count). The van der Waals surface area contributed by atoms with Gasteiger partial charge in [0.05, 0.1) is 6.10 Å². The number of aliphatic hydroxyl groups excluding tert-OH is 1. The minimum Gasteiger partial charge on any atom is -0.393 e. The molecule has 0 aromatic heterocycles. The Morgan fingerprint density at radius 2 is 1.90 bits per heavy atom. The summed E-state index contributed by atoms with van der Waals surface area (Å²) in [6.45, 7) is 4.58. The number of halogens is 1. The molecule has 3 heteroatoms. The van der Waals surface area contributed by atoms with E-state index >= 15 is 0 Å². The molecule has 0 aliphatic heterocycles. The second kappa shape index (κ2) is 6.63. The number of fused-ring (bicyclic) bond motifs is 5. The van der Waals surface area contributed by atoms with E-state index in [1.807, 2.05) is 12.1 Å². The number of allylic oxidation sites excluding steroid dienone is 2. The molecule has 1 N–H and O–H groups in total. The molecule has 0 unspecified atom stereocenters. The molecule has 4 aliphatic rings. The monoisotopic (exact) mass is 394 g/mol. The van der Waals surface area contributed by atoms with E-state index in [4.69, 9.17) is 0 Å². The minimum absolute atomic E-state index is 0.182. The Morgan fingerprint density at radius 3 is 2.69 bits per heavy atom. The number of hydrogen-bond acceptors (Lipinski definition) is 2. The summed E-state index contributed by atoms with van der Waals surface area (Å²) < 4.78 is 13.6. The van der Waals surface area contributed by atoms with Crippen LogP contribution in [0.4, 0.5) is 4.39 Å². The number of aliphatic hydroxyl groups is 1. The zero-order valence-electron chi connectivity index (χ0n) is 17.5. The van der Waals surface area contributed by atoms with Gasteiger partial charge in [0.15, 0.2) is 5.78 Å². The maximum Gasteiger partial charge on any atom is 0.165 e. The molecule has 1 aromatic rings. The van der Waals surface area contributed by atoms with Crippen molar-refractivity contribution in [3.05, 3.63) is 52.9 Å². The third-order valence-electron chi connectivity index (χ3n) is 8.91. The highest BCUT2D eigenvalue weighted by Crippen LogP contribution is 2.64. The van der Waals surface area contributed by atoms with Crippen LogP contribution in [0.1, 0.15) is 64.4 Å². The lowest BCUT2D eigenvalue weighted by atomic mass is 9.48. The summed E-state index contributed by atoms with van der Waals surface area (Å²) in [6, 6.07) is 6.54. The zero-order valence-corrected chi connectivity index (χ0v) is 17.5. The number of Topliss-reactive ketones (excluding diaryl/α,β-unsaturated/α-hetero) is 1. The van der Waals surface area contributed by atoms with Crippen LogP contribution in [-0.4, -0.2) is 17.0 Å². The number of carbonyl (C=O) groups excluding carboxylic acids is 1. The molecule has 0 spiro atoms. The molecule has 1 aromatic carbocycles. The van der Waals surface area contributed by atoms with Gasteiger partial charge < -0.3 is 5.11 Å². The predicted molar refractivity (Wildman–Crippen MR) is 112 cm³/mol. The molecule has 6 atom stereocenters. The number of ketones is 1. The van der Waals surface area contributed by atoms with Crippen LogP contribution in [-0.2, 0) is 4.79 Å². The third-order valence-corrected chi connectivity index (χ3v) is 8.91. The van der Waals surface area contributed by atoms with E-state index in [1.54, 1.807) is 6.07 Å². The first-order valence-electron chi connectivity index (χ1n) is 11.2. The van der Waals surface area contributed by atoms with E-state index in [2.05, 4.69) is 19.9 Å². The van der Waals surface area contributed by atoms with Crippen LogP contribution in [0.3, 0.4) is 0 Å². The highest BCUT2D eigenvalue weighted by Gasteiger charge is 2.59. The Morgan fingerprint density at radius 1 is 1.10 bits per heavy atom. The summed E-state index contributed by atoms with van der Waals surface area (Å²) in [5.74, 6) is 1.53. The Hall–Kier alpha value is -1.74. The van der Waals surface area contributed by atoms with Crippen LogP contribution in [0, 0.1) is 34.4 Å². The minimum atomic E-state index is -0.282. The first-order chi connectivity index (χ1) is 13.8. The molecule has 3 fully saturated rings. The van der Waals surface area contributed by atoms with Crippen LogP contribution in [0.5, 0.6) is 0 Å². The second-order valence-corrected chi connectivity index (χ2v) is 10.4. The summed E-state index contributed by atoms with van der Waals surface area (Å²) in [7, 11) is 0. The van der Waals surface area contributed by atoms with Crippen molar-refractivity contribution < 1.29 is 14.3 Å². The Labute approximate surface area is 172 Å². The lowest BCUT2D eigenvalue weighted by Gasteiger charge is -2.56. The smallest absolute Gasteiger partial charge is 0.165 e. The van der Waals surface area contributed by atoms with Gasteiger partial charge in [0.25, 0.3) is 0 Å². The highest BCUT2D eigenvalue weighted by atomic mass is 19.1. The van der Waals surface area contributed by atoms with Crippen molar-refractivity contribution in [2.45, 2.75) is 64.9 Å². The standard InChI is InChI=1S/C26H31FO2/c1-25-10-8-20(28)15-18(25)6-7-21-22(25)9-11-26(2)23(21)14-17(24(26)29)12-16-4-3-5-19(27)13-16/h3-6,12-13,20-23,28H,7-11,14-15H2,1-2H3/t20-,21-,22+,23-,25+,26-/m1/s1. The molecule has 0 amide bonds. The van der Waals surface area contributed by atoms with E-state index in [9.17, 15) is 14.3 Å². The first-order valence-corrected chi connectivity index (χ1v) is 11.2. The van der Waals surface area contributed by atoms with Crippen LogP contribution < -0.4 is 0 Å². The van der Waals surface area contributed by atoms with Crippen molar-refractivity contribution in [3.63, 3.8) is 0 Å². The third kappa shape index (κ3) is 2.88. The molecule has 154 valence electrons. The quantitative estimate of drug-likeness (QED) is 0.489. The van der Waals surface area contributed by atoms with Gasteiger partial charge in [0.1, 0.15) is 5.82 Å². The Balaban J connectivity index is 1.48. The normalized spacial score (nSPS) is 42.8. The van der Waals surface area contributed by atoms with E-state index in [0.717, 1.165) is 56.1 Å². The maximum absolute atomic E-state index is 13.6. The molecule has 29 heavy (non-hydrogen) atoms. The van der Waals surface area contributed by atoms with Crippen LogP contribution in [0.15, 0.2) is 41.5 Å². The van der Waals surface area contributed by atoms with Gasteiger partial charge in [0, 0.05) is 5.41 Å². The lowest BCUT2D eigenvalue weighted by molar-refractivity contribution is -0.130. The van der Waals surface area contributed by atoms with Gasteiger partial charge in [-0.25, -0.2) is 4.39 Å². The van der Waals surface area contributed by atoms with Gasteiger partial charge in [-0.3, -0.25) is 4.79 Å². The molecule has 0 radical (unpaired) electrons.